The summed E-state index contributed by atoms with van der Waals surface area (Å²) in [5.41, 5.74) is 1.70. The second kappa shape index (κ2) is 9.24. The van der Waals surface area contributed by atoms with Gasteiger partial charge in [0.05, 0.1) is 5.56 Å². The van der Waals surface area contributed by atoms with Gasteiger partial charge in [-0.25, -0.2) is 4.98 Å². The molecule has 1 amide bonds. The molecule has 2 aromatic rings. The van der Waals surface area contributed by atoms with Crippen LogP contribution in [0, 0.1) is 0 Å². The summed E-state index contributed by atoms with van der Waals surface area (Å²) in [4.78, 5) is 17.0. The molecular formula is C20H23Cl2N3O. The van der Waals surface area contributed by atoms with Crippen molar-refractivity contribution in [3.8, 4) is 0 Å². The topological polar surface area (TPSA) is 54.0 Å². The zero-order valence-electron chi connectivity index (χ0n) is 14.6. The lowest BCUT2D eigenvalue weighted by Crippen LogP contribution is -2.36. The number of aromatic nitrogens is 1. The Morgan fingerprint density at radius 2 is 1.77 bits per heavy atom. The number of hydrogen-bond acceptors (Lipinski definition) is 3. The first-order valence-electron chi connectivity index (χ1n) is 9.07. The normalized spacial score (nSPS) is 14.8. The fourth-order valence-electron chi connectivity index (χ4n) is 3.24. The van der Waals surface area contributed by atoms with Crippen molar-refractivity contribution in [2.75, 3.05) is 11.9 Å². The van der Waals surface area contributed by atoms with E-state index in [1.54, 1.807) is 12.1 Å². The van der Waals surface area contributed by atoms with E-state index in [0.717, 1.165) is 29.8 Å². The van der Waals surface area contributed by atoms with E-state index in [0.29, 0.717) is 23.1 Å². The van der Waals surface area contributed by atoms with Crippen LogP contribution in [-0.4, -0.2) is 23.5 Å². The molecule has 0 saturated heterocycles. The molecule has 4 nitrogen and oxygen atoms in total. The fourth-order valence-corrected chi connectivity index (χ4v) is 3.51. The highest BCUT2D eigenvalue weighted by molar-refractivity contribution is 6.30. The van der Waals surface area contributed by atoms with Crippen LogP contribution in [0.3, 0.4) is 0 Å². The van der Waals surface area contributed by atoms with E-state index in [1.807, 2.05) is 24.3 Å². The van der Waals surface area contributed by atoms with Gasteiger partial charge >= 0.3 is 0 Å². The fraction of sp³-hybridized carbons (Fsp3) is 0.400. The molecule has 0 bridgehead atoms. The summed E-state index contributed by atoms with van der Waals surface area (Å²) in [6, 6.07) is 11.4. The highest BCUT2D eigenvalue weighted by Crippen LogP contribution is 2.20. The first-order valence-corrected chi connectivity index (χ1v) is 9.83. The zero-order chi connectivity index (χ0) is 18.4. The first kappa shape index (κ1) is 19.0. The Kier molecular flexibility index (Phi) is 6.75. The number of nitrogens with zero attached hydrogens (tertiary/aromatic N) is 1. The molecule has 138 valence electrons. The molecule has 6 heteroatoms. The molecule has 0 unspecified atom stereocenters. The predicted octanol–water partition coefficient (Wildman–Crippen LogP) is 5.11. The van der Waals surface area contributed by atoms with Crippen LogP contribution in [0.2, 0.25) is 10.2 Å². The molecule has 3 rings (SSSR count). The highest BCUT2D eigenvalue weighted by atomic mass is 35.5. The number of carbonyl (C=O) groups excluding carboxylic acids is 1. The molecule has 1 fully saturated rings. The predicted molar refractivity (Wildman–Crippen MR) is 107 cm³/mol. The summed E-state index contributed by atoms with van der Waals surface area (Å²) in [5, 5.41) is 7.47. The van der Waals surface area contributed by atoms with E-state index in [4.69, 9.17) is 23.2 Å². The summed E-state index contributed by atoms with van der Waals surface area (Å²) in [5.74, 6) is 0.440. The van der Waals surface area contributed by atoms with Crippen molar-refractivity contribution in [2.24, 2.45) is 0 Å². The highest BCUT2D eigenvalue weighted by Gasteiger charge is 2.19. The van der Waals surface area contributed by atoms with Crippen LogP contribution in [-0.2, 0) is 6.42 Å². The van der Waals surface area contributed by atoms with Crippen molar-refractivity contribution in [1.82, 2.24) is 10.3 Å². The van der Waals surface area contributed by atoms with Gasteiger partial charge in [0, 0.05) is 17.6 Å². The average molecular weight is 392 g/mol. The van der Waals surface area contributed by atoms with Crippen molar-refractivity contribution in [3.05, 3.63) is 57.7 Å². The quantitative estimate of drug-likeness (QED) is 0.672. The summed E-state index contributed by atoms with van der Waals surface area (Å²) in [6.07, 6.45) is 6.51. The van der Waals surface area contributed by atoms with Gasteiger partial charge < -0.3 is 10.6 Å². The number of amides is 1. The molecule has 26 heavy (non-hydrogen) atoms. The van der Waals surface area contributed by atoms with Crippen LogP contribution < -0.4 is 10.6 Å². The summed E-state index contributed by atoms with van der Waals surface area (Å²) < 4.78 is 0. The van der Waals surface area contributed by atoms with Crippen molar-refractivity contribution in [1.29, 1.82) is 0 Å². The molecule has 1 aliphatic carbocycles. The lowest BCUT2D eigenvalue weighted by Gasteiger charge is -2.23. The van der Waals surface area contributed by atoms with Gasteiger partial charge in [-0.1, -0.05) is 54.6 Å². The zero-order valence-corrected chi connectivity index (χ0v) is 16.1. The molecule has 2 N–H and O–H groups in total. The van der Waals surface area contributed by atoms with Crippen molar-refractivity contribution in [3.63, 3.8) is 0 Å². The molecule has 0 radical (unpaired) electrons. The molecule has 1 aliphatic rings. The summed E-state index contributed by atoms with van der Waals surface area (Å²) >= 11 is 11.9. The van der Waals surface area contributed by atoms with Gasteiger partial charge in [-0.2, -0.15) is 0 Å². The lowest BCUT2D eigenvalue weighted by molar-refractivity contribution is 0.0928. The van der Waals surface area contributed by atoms with Gasteiger partial charge in [0.2, 0.25) is 0 Å². The minimum Gasteiger partial charge on any atom is -0.369 e. The number of pyridine rings is 1. The molecule has 1 heterocycles. The van der Waals surface area contributed by atoms with Crippen LogP contribution in [0.5, 0.6) is 0 Å². The number of halogens is 2. The molecule has 0 atom stereocenters. The van der Waals surface area contributed by atoms with Gasteiger partial charge in [-0.15, -0.1) is 0 Å². The maximum atomic E-state index is 12.7. The Labute approximate surface area is 164 Å². The van der Waals surface area contributed by atoms with E-state index < -0.39 is 0 Å². The minimum absolute atomic E-state index is 0.0879. The SMILES string of the molecule is O=C(NC1CCCCC1)c1ccc(Cl)nc1NCCc1ccc(Cl)cc1. The average Bonchev–Trinajstić information content (AvgIpc) is 2.64. The third-order valence-corrected chi connectivity index (χ3v) is 5.13. The molecule has 1 saturated carbocycles. The Morgan fingerprint density at radius 3 is 2.50 bits per heavy atom. The van der Waals surface area contributed by atoms with Crippen molar-refractivity contribution >= 4 is 34.9 Å². The van der Waals surface area contributed by atoms with Crippen LogP contribution in [0.1, 0.15) is 48.0 Å². The minimum atomic E-state index is -0.0879. The Morgan fingerprint density at radius 1 is 1.04 bits per heavy atom. The maximum Gasteiger partial charge on any atom is 0.255 e. The number of rotatable bonds is 6. The third-order valence-electron chi connectivity index (χ3n) is 4.67. The van der Waals surface area contributed by atoms with Crippen molar-refractivity contribution < 1.29 is 4.79 Å². The molecule has 1 aromatic carbocycles. The van der Waals surface area contributed by atoms with Gasteiger partial charge in [0.1, 0.15) is 11.0 Å². The Bertz CT molecular complexity index is 743. The van der Waals surface area contributed by atoms with Gasteiger partial charge in [-0.05, 0) is 49.1 Å². The van der Waals surface area contributed by atoms with E-state index in [1.165, 1.54) is 19.3 Å². The van der Waals surface area contributed by atoms with Gasteiger partial charge in [0.25, 0.3) is 5.91 Å². The van der Waals surface area contributed by atoms with Crippen LogP contribution in [0.15, 0.2) is 36.4 Å². The van der Waals surface area contributed by atoms with Crippen LogP contribution in [0.4, 0.5) is 5.82 Å². The number of carbonyl (C=O) groups is 1. The molecular weight excluding hydrogens is 369 g/mol. The third kappa shape index (κ3) is 5.36. The number of benzene rings is 1. The van der Waals surface area contributed by atoms with E-state index in [-0.39, 0.29) is 11.9 Å². The molecule has 0 aliphatic heterocycles. The second-order valence-electron chi connectivity index (χ2n) is 6.64. The van der Waals surface area contributed by atoms with Crippen LogP contribution in [0.25, 0.3) is 0 Å². The number of hydrogen-bond donors (Lipinski definition) is 2. The van der Waals surface area contributed by atoms with Gasteiger partial charge in [-0.3, -0.25) is 4.79 Å². The number of nitrogens with one attached hydrogen (secondary N) is 2. The smallest absolute Gasteiger partial charge is 0.255 e. The number of anilines is 1. The Hall–Kier alpha value is -1.78. The molecule has 1 aromatic heterocycles. The van der Waals surface area contributed by atoms with Crippen LogP contribution >= 0.6 is 23.2 Å². The second-order valence-corrected chi connectivity index (χ2v) is 7.47. The largest absolute Gasteiger partial charge is 0.369 e. The molecule has 0 spiro atoms. The van der Waals surface area contributed by atoms with E-state index in [2.05, 4.69) is 15.6 Å². The summed E-state index contributed by atoms with van der Waals surface area (Å²) in [6.45, 7) is 0.651. The monoisotopic (exact) mass is 391 g/mol. The van der Waals surface area contributed by atoms with Gasteiger partial charge in [0.15, 0.2) is 0 Å². The maximum absolute atomic E-state index is 12.7. The first-order chi connectivity index (χ1) is 12.6. The van der Waals surface area contributed by atoms with E-state index in [9.17, 15) is 4.79 Å². The lowest BCUT2D eigenvalue weighted by atomic mass is 9.95. The van der Waals surface area contributed by atoms with Crippen molar-refractivity contribution in [2.45, 2.75) is 44.6 Å². The summed E-state index contributed by atoms with van der Waals surface area (Å²) in [7, 11) is 0. The van der Waals surface area contributed by atoms with E-state index >= 15 is 0 Å². The standard InChI is InChI=1S/C20H23Cl2N3O/c21-15-8-6-14(7-9-15)12-13-23-19-17(10-11-18(22)25-19)20(26)24-16-4-2-1-3-5-16/h6-11,16H,1-5,12-13H2,(H,23,25)(H,24,26). The Balaban J connectivity index is 1.63.